The largest absolute Gasteiger partial charge is 0.495 e. The second-order valence-corrected chi connectivity index (χ2v) is 24.8. The van der Waals surface area contributed by atoms with Crippen molar-refractivity contribution in [2.45, 2.75) is 166 Å². The number of nitrogens with one attached hydrogen (secondary N) is 5. The number of aliphatic hydroxyl groups is 1. The Morgan fingerprint density at radius 2 is 1.74 bits per heavy atom. The van der Waals surface area contributed by atoms with Crippen molar-refractivity contribution in [2.75, 3.05) is 50.4 Å². The first kappa shape index (κ1) is 72.4. The highest BCUT2D eigenvalue weighted by Crippen LogP contribution is 2.49. The quantitative estimate of drug-likeness (QED) is 0.0121. The number of hydrogen-bond donors (Lipinski definition) is 7. The number of esters is 2. The van der Waals surface area contributed by atoms with Crippen molar-refractivity contribution in [3.05, 3.63) is 94.6 Å². The molecule has 11 atom stereocenters. The number of urea groups is 1. The number of rotatable bonds is 24. The van der Waals surface area contributed by atoms with Crippen molar-refractivity contribution in [2.24, 2.45) is 17.6 Å². The zero-order valence-corrected chi connectivity index (χ0v) is 55.6. The molecule has 91 heavy (non-hydrogen) atoms. The zero-order chi connectivity index (χ0) is 67.2. The van der Waals surface area contributed by atoms with Gasteiger partial charge in [0, 0.05) is 68.4 Å². The topological polar surface area (TPSA) is 338 Å². The van der Waals surface area contributed by atoms with Crippen molar-refractivity contribution >= 4 is 104 Å². The molecule has 1 aromatic heterocycles. The van der Waals surface area contributed by atoms with E-state index < -0.39 is 120 Å². The number of benzene rings is 2. The Morgan fingerprint density at radius 3 is 2.41 bits per heavy atom. The molecule has 2 aromatic carbocycles. The number of alkyl halides is 1. The van der Waals surface area contributed by atoms with Crippen molar-refractivity contribution in [3.8, 4) is 5.75 Å². The average Bonchev–Trinajstić information content (AvgIpc) is 1.59. The summed E-state index contributed by atoms with van der Waals surface area (Å²) < 4.78 is 35.0. The lowest BCUT2D eigenvalue weighted by Gasteiger charge is -2.42. The van der Waals surface area contributed by atoms with Crippen LogP contribution in [0.2, 0.25) is 5.02 Å². The second-order valence-electron chi connectivity index (χ2n) is 23.9. The Labute approximate surface area is 543 Å². The lowest BCUT2D eigenvalue weighted by atomic mass is 9.83. The van der Waals surface area contributed by atoms with Crippen molar-refractivity contribution in [1.82, 2.24) is 31.2 Å². The average molecular weight is 1350 g/mol. The van der Waals surface area contributed by atoms with Gasteiger partial charge in [-0.1, -0.05) is 78.7 Å². The molecule has 8 N–H and O–H groups in total. The normalized spacial score (nSPS) is 23.8. The summed E-state index contributed by atoms with van der Waals surface area (Å²) in [5, 5.41) is 26.1. The summed E-state index contributed by atoms with van der Waals surface area (Å²) in [6.45, 7) is 15.8. The fourth-order valence-corrected chi connectivity index (χ4v) is 11.4. The summed E-state index contributed by atoms with van der Waals surface area (Å²) in [4.78, 5) is 128. The van der Waals surface area contributed by atoms with Crippen LogP contribution in [0.4, 0.5) is 21.1 Å². The maximum Gasteiger partial charge on any atom is 0.409 e. The molecule has 3 aromatic rings. The van der Waals surface area contributed by atoms with Crippen LogP contribution in [0.1, 0.15) is 116 Å². The van der Waals surface area contributed by atoms with E-state index in [9.17, 15) is 48.3 Å². The van der Waals surface area contributed by atoms with E-state index >= 15 is 0 Å². The predicted octanol–water partition coefficient (Wildman–Crippen LogP) is 6.83. The molecule has 0 saturated carbocycles. The number of nitrogens with two attached hydrogens (primary N) is 1. The summed E-state index contributed by atoms with van der Waals surface area (Å²) in [6.07, 6.45) is 1.62. The summed E-state index contributed by atoms with van der Waals surface area (Å²) in [7, 11) is 5.81. The van der Waals surface area contributed by atoms with Crippen LogP contribution >= 0.6 is 27.5 Å². The number of methoxy groups -OCH3 is 2. The van der Waals surface area contributed by atoms with Crippen LogP contribution in [0.15, 0.2) is 78.4 Å². The fourth-order valence-electron chi connectivity index (χ4n) is 10.8. The van der Waals surface area contributed by atoms with Gasteiger partial charge in [-0.25, -0.2) is 24.2 Å². The molecule has 1 unspecified atom stereocenters. The summed E-state index contributed by atoms with van der Waals surface area (Å²) >= 11 is 10.0. The van der Waals surface area contributed by atoms with Gasteiger partial charge in [0.1, 0.15) is 58.6 Å². The van der Waals surface area contributed by atoms with Gasteiger partial charge in [-0.3, -0.25) is 29.3 Å². The van der Waals surface area contributed by atoms with E-state index in [-0.39, 0.29) is 65.8 Å². The number of primary amides is 1. The molecule has 25 nitrogen and oxygen atoms in total. The van der Waals surface area contributed by atoms with Gasteiger partial charge in [-0.15, -0.1) is 0 Å². The van der Waals surface area contributed by atoms with Gasteiger partial charge in [-0.05, 0) is 120 Å². The van der Waals surface area contributed by atoms with Crippen molar-refractivity contribution in [1.29, 1.82) is 0 Å². The third-order valence-electron chi connectivity index (χ3n) is 16.5. The molecule has 3 aliphatic heterocycles. The lowest BCUT2D eigenvalue weighted by Crippen LogP contribution is -2.63. The van der Waals surface area contributed by atoms with E-state index in [1.807, 2.05) is 13.0 Å². The van der Waals surface area contributed by atoms with Crippen molar-refractivity contribution < 1.29 is 76.7 Å². The minimum atomic E-state index is -1.91. The van der Waals surface area contributed by atoms with E-state index in [0.717, 1.165) is 11.1 Å². The number of halogens is 2. The number of amides is 8. The highest BCUT2D eigenvalue weighted by Gasteiger charge is 2.64. The fraction of sp³-hybridized carbons (Fsp3) is 0.531. The van der Waals surface area contributed by atoms with Crippen LogP contribution in [0.3, 0.4) is 0 Å². The molecule has 2 saturated heterocycles. The lowest BCUT2D eigenvalue weighted by molar-refractivity contribution is -0.158. The highest BCUT2D eigenvalue weighted by molar-refractivity contribution is 9.09. The SMILES string of the molecule is C=C(CBr)C(=O)OC(C)CCCCC(=O)N[C@H](C(=O)N[C@@H](CCCNC(N)=O)C(=O)Nc1ccc2cc(C(=O)N(C)[C@@H](C)C(=O)O[C@H]3CC(=O)N(C)c4cc(cc(OC)c4Cl)C/C(C)=C/C=C/[C@@H](OC)[C@@]4(O)C[C@H](OC(=O)N4)[C@@H](C)[C@@H]4O[C@@]34C)ccc2n1)C(C)C. The smallest absolute Gasteiger partial charge is 0.409 e. The summed E-state index contributed by atoms with van der Waals surface area (Å²) in [6, 6.07) is 7.06. The van der Waals surface area contributed by atoms with Crippen LogP contribution < -0.4 is 42.0 Å². The Morgan fingerprint density at radius 1 is 1.01 bits per heavy atom. The molecule has 0 aliphatic carbocycles. The van der Waals surface area contributed by atoms with Gasteiger partial charge in [0.05, 0.1) is 36.9 Å². The van der Waals surface area contributed by atoms with Crippen LogP contribution in [0, 0.1) is 11.8 Å². The number of carbonyl (C=O) groups is 9. The van der Waals surface area contributed by atoms with E-state index in [4.69, 9.17) is 45.8 Å². The van der Waals surface area contributed by atoms with Gasteiger partial charge in [0.15, 0.2) is 5.72 Å². The number of likely N-dealkylation sites (N-methyl/N-ethyl adjacent to an activating group) is 1. The molecule has 496 valence electrons. The number of aromatic nitrogens is 1. The number of unbranched alkanes of at least 4 members (excludes halogenated alkanes) is 1. The molecule has 2 fully saturated rings. The minimum absolute atomic E-state index is 0.0552. The third kappa shape index (κ3) is 19.0. The molecule has 3 aliphatic rings. The monoisotopic (exact) mass is 1350 g/mol. The number of allylic oxidation sites excluding steroid dienone is 3. The molecule has 4 heterocycles. The first-order valence-corrected chi connectivity index (χ1v) is 31.6. The molecule has 6 rings (SSSR count). The zero-order valence-electron chi connectivity index (χ0n) is 53.3. The first-order valence-electron chi connectivity index (χ1n) is 30.1. The summed E-state index contributed by atoms with van der Waals surface area (Å²) in [5.74, 6) is -4.73. The van der Waals surface area contributed by atoms with Crippen molar-refractivity contribution in [3.63, 3.8) is 0 Å². The first-order chi connectivity index (χ1) is 42.9. The van der Waals surface area contributed by atoms with Crippen LogP contribution in [-0.4, -0.2) is 169 Å². The molecular weight excluding hydrogens is 1270 g/mol. The number of fused-ring (bicyclic) bond motifs is 6. The van der Waals surface area contributed by atoms with E-state index in [1.165, 1.54) is 57.2 Å². The minimum Gasteiger partial charge on any atom is -0.495 e. The number of hydrogen-bond acceptors (Lipinski definition) is 17. The van der Waals surface area contributed by atoms with Gasteiger partial charge in [0.25, 0.3) is 5.91 Å². The van der Waals surface area contributed by atoms with Crippen LogP contribution in [-0.2, 0) is 58.9 Å². The van der Waals surface area contributed by atoms with Gasteiger partial charge in [0.2, 0.25) is 23.6 Å². The number of carbonyl (C=O) groups excluding carboxylic acids is 9. The van der Waals surface area contributed by atoms with E-state index in [1.54, 1.807) is 77.1 Å². The number of epoxide rings is 1. The molecule has 0 radical (unpaired) electrons. The van der Waals surface area contributed by atoms with Gasteiger partial charge in [-0.2, -0.15) is 0 Å². The van der Waals surface area contributed by atoms with Gasteiger partial charge >= 0.3 is 24.1 Å². The summed E-state index contributed by atoms with van der Waals surface area (Å²) in [5.41, 5.74) is 4.76. The number of ether oxygens (including phenoxy) is 6. The Bertz CT molecular complexity index is 3290. The Kier molecular flexibility index (Phi) is 25.5. The number of anilines is 2. The van der Waals surface area contributed by atoms with Crippen LogP contribution in [0.25, 0.3) is 10.9 Å². The number of alkyl carbamates (subject to hydrolysis) is 1. The number of pyridine rings is 1. The van der Waals surface area contributed by atoms with Crippen LogP contribution in [0.5, 0.6) is 5.75 Å². The maximum atomic E-state index is 14.5. The van der Waals surface area contributed by atoms with E-state index in [0.29, 0.717) is 53.6 Å². The molecular formula is C64H85BrClN9O16. The predicted molar refractivity (Wildman–Crippen MR) is 343 cm³/mol. The highest BCUT2D eigenvalue weighted by atomic mass is 79.9. The molecule has 8 amide bonds. The number of nitrogens with zero attached hydrogens (tertiary/aromatic N) is 3. The Balaban J connectivity index is 1.16. The molecule has 0 spiro atoms. The van der Waals surface area contributed by atoms with E-state index in [2.05, 4.69) is 54.1 Å². The van der Waals surface area contributed by atoms with Gasteiger partial charge < -0.3 is 70.3 Å². The standard InChI is InChI=1S/C64H85BrClN9O16/c1-34(2)54(72-51(76)21-14-13-18-37(5)88-59(81)36(4)33-65)57(79)70-44(19-16-26-68-61(67)83)56(78)71-50-25-23-41-30-42(22-24-43(41)69-50)58(80)74(9)39(7)60(82)90-49-31-52(77)75(10)45-28-40(29-46(86-11)53(45)66)27-35(3)17-15-20-48(87-12)64(85)32-47(89-62(84)73-64)38(6)55-63(49,8)91-55/h15,17,20,22-25,28-30,34,37-39,44,47-49,54-55,85H,4,13-14,16,18-19,21,26-27,31-33H2,1-3,5-12H3,(H,70,79)(H,72,76)(H,73,84)(H3,67,68,83)(H,69,71,78)/b20-15+,35-17+/t37?,38-,39+,44+,47+,48-,49+,54+,55+,63+,64+/m1/s1. The molecule has 27 heteroatoms. The molecule has 4 bridgehead atoms. The third-order valence-corrected chi connectivity index (χ3v) is 17.6. The second kappa shape index (κ2) is 32.1. The Hall–Kier alpha value is -7.65. The maximum absolute atomic E-state index is 14.5.